The minimum Gasteiger partial charge on any atom is -0.479 e. The summed E-state index contributed by atoms with van der Waals surface area (Å²) in [5.74, 6) is -0.931. The van der Waals surface area contributed by atoms with Gasteiger partial charge in [-0.1, -0.05) is 57.0 Å². The molecule has 1 aromatic carbocycles. The van der Waals surface area contributed by atoms with Crippen molar-refractivity contribution in [1.82, 2.24) is 5.32 Å². The van der Waals surface area contributed by atoms with Gasteiger partial charge in [-0.05, 0) is 11.5 Å². The summed E-state index contributed by atoms with van der Waals surface area (Å²) in [5.41, 5.74) is 0.591. The van der Waals surface area contributed by atoms with E-state index in [0.29, 0.717) is 17.9 Å². The Morgan fingerprint density at radius 1 is 1.16 bits per heavy atom. The van der Waals surface area contributed by atoms with Gasteiger partial charge in [-0.3, -0.25) is 4.79 Å². The van der Waals surface area contributed by atoms with Gasteiger partial charge in [-0.15, -0.1) is 0 Å². The molecule has 0 saturated carbocycles. The molecular weight excluding hydrogens is 242 g/mol. The number of carbonyl (C=O) groups is 2. The third-order valence-corrected chi connectivity index (χ3v) is 3.31. The Hall–Kier alpha value is -1.84. The zero-order chi connectivity index (χ0) is 14.3. The van der Waals surface area contributed by atoms with Crippen LogP contribution in [0.3, 0.4) is 0 Å². The lowest BCUT2D eigenvalue weighted by Gasteiger charge is -2.17. The van der Waals surface area contributed by atoms with E-state index in [2.05, 4.69) is 5.32 Å². The molecule has 0 radical (unpaired) electrons. The predicted octanol–water partition coefficient (Wildman–Crippen LogP) is 2.75. The second-order valence-corrected chi connectivity index (χ2v) is 4.64. The number of carboxylic acids is 1. The van der Waals surface area contributed by atoms with Gasteiger partial charge in [-0.2, -0.15) is 0 Å². The molecular formula is C15H21NO3. The van der Waals surface area contributed by atoms with Gasteiger partial charge in [0.1, 0.15) is 0 Å². The lowest BCUT2D eigenvalue weighted by Crippen LogP contribution is -2.34. The summed E-state index contributed by atoms with van der Waals surface area (Å²) in [6.07, 6.45) is 2.23. The third-order valence-electron chi connectivity index (χ3n) is 3.31. The number of hydrogen-bond acceptors (Lipinski definition) is 2. The van der Waals surface area contributed by atoms with Crippen molar-refractivity contribution in [3.05, 3.63) is 35.9 Å². The summed E-state index contributed by atoms with van der Waals surface area (Å²) >= 11 is 0. The molecule has 1 unspecified atom stereocenters. The highest BCUT2D eigenvalue weighted by molar-refractivity contribution is 5.84. The topological polar surface area (TPSA) is 66.4 Å². The number of aliphatic carboxylic acids is 1. The number of rotatable bonds is 7. The molecule has 0 fully saturated rings. The first-order valence-electron chi connectivity index (χ1n) is 6.65. The normalized spacial score (nSPS) is 12.2. The maximum absolute atomic E-state index is 11.9. The molecule has 0 aromatic heterocycles. The van der Waals surface area contributed by atoms with Crippen molar-refractivity contribution in [2.75, 3.05) is 0 Å². The molecule has 19 heavy (non-hydrogen) atoms. The first-order chi connectivity index (χ1) is 9.08. The highest BCUT2D eigenvalue weighted by Gasteiger charge is 2.22. The van der Waals surface area contributed by atoms with Crippen LogP contribution in [0.25, 0.3) is 0 Å². The van der Waals surface area contributed by atoms with Gasteiger partial charge in [0.05, 0.1) is 0 Å². The van der Waals surface area contributed by atoms with E-state index < -0.39 is 12.0 Å². The van der Waals surface area contributed by atoms with Crippen molar-refractivity contribution in [2.24, 2.45) is 5.92 Å². The lowest BCUT2D eigenvalue weighted by atomic mass is 9.98. The number of carboxylic acid groups (broad SMARTS) is 1. The zero-order valence-electron chi connectivity index (χ0n) is 11.4. The average Bonchev–Trinajstić information content (AvgIpc) is 2.42. The Morgan fingerprint density at radius 2 is 1.74 bits per heavy atom. The van der Waals surface area contributed by atoms with Crippen LogP contribution in [0, 0.1) is 5.92 Å². The van der Waals surface area contributed by atoms with E-state index in [-0.39, 0.29) is 5.91 Å². The molecule has 0 spiro atoms. The van der Waals surface area contributed by atoms with E-state index in [1.54, 1.807) is 24.3 Å². The van der Waals surface area contributed by atoms with E-state index in [1.165, 1.54) is 0 Å². The standard InChI is InChI=1S/C15H21NO3/c1-3-11(4-2)10-13(17)16-14(15(18)19)12-8-6-5-7-9-12/h5-9,11,14H,3-4,10H2,1-2H3,(H,16,17)(H,18,19). The molecule has 2 N–H and O–H groups in total. The van der Waals surface area contributed by atoms with Crippen LogP contribution in [-0.2, 0) is 9.59 Å². The number of carbonyl (C=O) groups excluding carboxylic acids is 1. The molecule has 4 nitrogen and oxygen atoms in total. The van der Waals surface area contributed by atoms with Crippen LogP contribution in [0.2, 0.25) is 0 Å². The molecule has 1 rings (SSSR count). The summed E-state index contributed by atoms with van der Waals surface area (Å²) in [4.78, 5) is 23.1. The largest absolute Gasteiger partial charge is 0.479 e. The van der Waals surface area contributed by atoms with Crippen LogP contribution in [0.4, 0.5) is 0 Å². The maximum Gasteiger partial charge on any atom is 0.330 e. The van der Waals surface area contributed by atoms with Gasteiger partial charge in [0.2, 0.25) is 5.91 Å². The highest BCUT2D eigenvalue weighted by atomic mass is 16.4. The Labute approximate surface area is 113 Å². The molecule has 1 aromatic rings. The van der Waals surface area contributed by atoms with E-state index in [4.69, 9.17) is 0 Å². The molecule has 104 valence electrons. The number of benzene rings is 1. The molecule has 0 aliphatic carbocycles. The second-order valence-electron chi connectivity index (χ2n) is 4.64. The molecule has 1 atom stereocenters. The van der Waals surface area contributed by atoms with Gasteiger partial charge in [-0.25, -0.2) is 4.79 Å². The SMILES string of the molecule is CCC(CC)CC(=O)NC(C(=O)O)c1ccccc1. The van der Waals surface area contributed by atoms with Gasteiger partial charge in [0, 0.05) is 6.42 Å². The Morgan fingerprint density at radius 3 is 2.21 bits per heavy atom. The Balaban J connectivity index is 2.70. The molecule has 0 bridgehead atoms. The fourth-order valence-electron chi connectivity index (χ4n) is 1.99. The number of nitrogens with one attached hydrogen (secondary N) is 1. The third kappa shape index (κ3) is 4.73. The second kappa shape index (κ2) is 7.56. The van der Waals surface area contributed by atoms with E-state index in [0.717, 1.165) is 12.8 Å². The van der Waals surface area contributed by atoms with Crippen molar-refractivity contribution in [3.63, 3.8) is 0 Å². The van der Waals surface area contributed by atoms with Crippen LogP contribution in [0.1, 0.15) is 44.7 Å². The van der Waals surface area contributed by atoms with Crippen molar-refractivity contribution in [1.29, 1.82) is 0 Å². The smallest absolute Gasteiger partial charge is 0.330 e. The fourth-order valence-corrected chi connectivity index (χ4v) is 1.99. The summed E-state index contributed by atoms with van der Waals surface area (Å²) in [7, 11) is 0. The van der Waals surface area contributed by atoms with Crippen LogP contribution in [-0.4, -0.2) is 17.0 Å². The van der Waals surface area contributed by atoms with Crippen molar-refractivity contribution < 1.29 is 14.7 Å². The van der Waals surface area contributed by atoms with Crippen LogP contribution >= 0.6 is 0 Å². The first kappa shape index (κ1) is 15.2. The van der Waals surface area contributed by atoms with Gasteiger partial charge >= 0.3 is 5.97 Å². The minimum absolute atomic E-state index is 0.204. The van der Waals surface area contributed by atoms with Crippen molar-refractivity contribution >= 4 is 11.9 Å². The quantitative estimate of drug-likeness (QED) is 0.795. The Kier molecular flexibility index (Phi) is 6.06. The molecule has 0 aliphatic rings. The van der Waals surface area contributed by atoms with Crippen molar-refractivity contribution in [3.8, 4) is 0 Å². The van der Waals surface area contributed by atoms with Crippen LogP contribution in [0.15, 0.2) is 30.3 Å². The first-order valence-corrected chi connectivity index (χ1v) is 6.65. The van der Waals surface area contributed by atoms with E-state index >= 15 is 0 Å². The summed E-state index contributed by atoms with van der Waals surface area (Å²) in [5, 5.41) is 11.8. The van der Waals surface area contributed by atoms with Crippen LogP contribution in [0.5, 0.6) is 0 Å². The monoisotopic (exact) mass is 263 g/mol. The number of hydrogen-bond donors (Lipinski definition) is 2. The fraction of sp³-hybridized carbons (Fsp3) is 0.467. The molecule has 0 heterocycles. The number of amides is 1. The predicted molar refractivity (Wildman–Crippen MR) is 73.7 cm³/mol. The average molecular weight is 263 g/mol. The van der Waals surface area contributed by atoms with E-state index in [1.807, 2.05) is 19.9 Å². The minimum atomic E-state index is -1.04. The summed E-state index contributed by atoms with van der Waals surface area (Å²) < 4.78 is 0. The molecule has 1 amide bonds. The Bertz CT molecular complexity index is 413. The van der Waals surface area contributed by atoms with Gasteiger partial charge < -0.3 is 10.4 Å². The van der Waals surface area contributed by atoms with Gasteiger partial charge in [0.15, 0.2) is 6.04 Å². The van der Waals surface area contributed by atoms with Gasteiger partial charge in [0.25, 0.3) is 0 Å². The molecule has 0 saturated heterocycles. The summed E-state index contributed by atoms with van der Waals surface area (Å²) in [6, 6.07) is 7.78. The van der Waals surface area contributed by atoms with E-state index in [9.17, 15) is 14.7 Å². The van der Waals surface area contributed by atoms with Crippen molar-refractivity contribution in [2.45, 2.75) is 39.2 Å². The zero-order valence-corrected chi connectivity index (χ0v) is 11.4. The van der Waals surface area contributed by atoms with Crippen LogP contribution < -0.4 is 5.32 Å². The molecule has 4 heteroatoms. The lowest BCUT2D eigenvalue weighted by molar-refractivity contribution is -0.142. The summed E-state index contributed by atoms with van der Waals surface area (Å²) in [6.45, 7) is 4.07. The maximum atomic E-state index is 11.9. The highest BCUT2D eigenvalue weighted by Crippen LogP contribution is 2.16. The molecule has 0 aliphatic heterocycles.